The monoisotopic (exact) mass is 534 g/mol. The molecule has 2 aliphatic heterocycles. The van der Waals surface area contributed by atoms with Crippen molar-refractivity contribution in [3.63, 3.8) is 0 Å². The third-order valence-corrected chi connectivity index (χ3v) is 7.76. The first-order valence-electron chi connectivity index (χ1n) is 12.4. The Kier molecular flexibility index (Phi) is 7.33. The number of hydrogen-bond acceptors (Lipinski definition) is 5. The number of amides is 4. The lowest BCUT2D eigenvalue weighted by Crippen LogP contribution is -2.45. The van der Waals surface area contributed by atoms with Gasteiger partial charge in [-0.2, -0.15) is 0 Å². The van der Waals surface area contributed by atoms with E-state index in [1.54, 1.807) is 21.7 Å². The smallest absolute Gasteiger partial charge is 0.294 e. The average Bonchev–Trinajstić information content (AvgIpc) is 3.37. The number of piperidine rings is 1. The fourth-order valence-corrected chi connectivity index (χ4v) is 5.51. The van der Waals surface area contributed by atoms with E-state index in [0.29, 0.717) is 30.3 Å². The Morgan fingerprint density at radius 2 is 1.76 bits per heavy atom. The number of thioether (sulfide) groups is 1. The van der Waals surface area contributed by atoms with Crippen LogP contribution in [0, 0.1) is 11.7 Å². The second-order valence-corrected chi connectivity index (χ2v) is 10.6. The molecule has 196 valence electrons. The molecule has 0 aliphatic carbocycles. The molecule has 10 heteroatoms. The number of carbonyl (C=O) groups excluding carboxylic acids is 4. The predicted octanol–water partition coefficient (Wildman–Crippen LogP) is 4.71. The molecule has 0 radical (unpaired) electrons. The highest BCUT2D eigenvalue weighted by atomic mass is 32.2. The van der Waals surface area contributed by atoms with Crippen LogP contribution in [0.1, 0.15) is 25.3 Å². The maximum Gasteiger partial charge on any atom is 0.294 e. The Hall–Kier alpha value is -3.92. The van der Waals surface area contributed by atoms with E-state index in [2.05, 4.69) is 12.2 Å². The standard InChI is InChI=1S/C28H27FN4O4S/c1-18-10-12-31(13-11-18)26(35)17-33-27(36)24(38-28(33)37)14-19-15-32(23-5-3-2-4-22(19)23)16-25(34)30-21-8-6-20(29)7-9-21/h2-9,14-15,18H,10-13,16-17H2,1H3,(H,30,34)/b24-14-. The number of likely N-dealkylation sites (tertiary alicyclic amines) is 1. The van der Waals surface area contributed by atoms with Crippen molar-refractivity contribution < 1.29 is 23.6 Å². The molecule has 4 amide bonds. The van der Waals surface area contributed by atoms with Gasteiger partial charge in [0.2, 0.25) is 11.8 Å². The fraction of sp³-hybridized carbons (Fsp3) is 0.286. The number of halogens is 1. The van der Waals surface area contributed by atoms with Gasteiger partial charge in [-0.05, 0) is 66.9 Å². The molecule has 2 aliphatic rings. The maximum atomic E-state index is 13.2. The number of nitrogens with zero attached hydrogens (tertiary/aromatic N) is 3. The van der Waals surface area contributed by atoms with Crippen LogP contribution in [0.2, 0.25) is 0 Å². The van der Waals surface area contributed by atoms with Crippen LogP contribution in [-0.4, -0.2) is 57.0 Å². The van der Waals surface area contributed by atoms with Gasteiger partial charge >= 0.3 is 0 Å². The summed E-state index contributed by atoms with van der Waals surface area (Å²) in [4.78, 5) is 54.1. The number of fused-ring (bicyclic) bond motifs is 1. The normalized spacial score (nSPS) is 17.6. The van der Waals surface area contributed by atoms with Gasteiger partial charge in [0, 0.05) is 41.4 Å². The second-order valence-electron chi connectivity index (χ2n) is 9.62. The van der Waals surface area contributed by atoms with Crippen LogP contribution in [0.5, 0.6) is 0 Å². The van der Waals surface area contributed by atoms with E-state index in [-0.39, 0.29) is 35.6 Å². The minimum Gasteiger partial charge on any atom is -0.341 e. The molecule has 5 rings (SSSR count). The lowest BCUT2D eigenvalue weighted by molar-refractivity contribution is -0.136. The summed E-state index contributed by atoms with van der Waals surface area (Å²) in [6.07, 6.45) is 5.22. The Morgan fingerprint density at radius 3 is 2.50 bits per heavy atom. The van der Waals surface area contributed by atoms with Crippen molar-refractivity contribution in [2.75, 3.05) is 25.0 Å². The first kappa shape index (κ1) is 25.7. The van der Waals surface area contributed by atoms with Crippen LogP contribution in [0.3, 0.4) is 0 Å². The molecule has 1 aromatic heterocycles. The van der Waals surface area contributed by atoms with Crippen molar-refractivity contribution in [3.8, 4) is 0 Å². The van der Waals surface area contributed by atoms with E-state index in [1.165, 1.54) is 24.3 Å². The Morgan fingerprint density at radius 1 is 1.05 bits per heavy atom. The lowest BCUT2D eigenvalue weighted by Gasteiger charge is -2.31. The Labute approximate surface area is 223 Å². The number of hydrogen-bond donors (Lipinski definition) is 1. The van der Waals surface area contributed by atoms with Crippen molar-refractivity contribution in [1.29, 1.82) is 0 Å². The van der Waals surface area contributed by atoms with Crippen LogP contribution in [0.4, 0.5) is 14.9 Å². The van der Waals surface area contributed by atoms with Crippen molar-refractivity contribution in [2.45, 2.75) is 26.3 Å². The minimum atomic E-state index is -0.496. The summed E-state index contributed by atoms with van der Waals surface area (Å²) in [5.41, 5.74) is 1.94. The SMILES string of the molecule is CC1CCN(C(=O)CN2C(=O)S/C(=C\c3cn(CC(=O)Nc4ccc(F)cc4)c4ccccc34)C2=O)CC1. The van der Waals surface area contributed by atoms with Gasteiger partial charge in [0.05, 0.1) is 4.91 Å². The molecule has 8 nitrogen and oxygen atoms in total. The number of carbonyl (C=O) groups is 4. The summed E-state index contributed by atoms with van der Waals surface area (Å²) in [5, 5.41) is 3.09. The van der Waals surface area contributed by atoms with Gasteiger partial charge in [-0.1, -0.05) is 25.1 Å². The maximum absolute atomic E-state index is 13.2. The molecule has 0 bridgehead atoms. The van der Waals surface area contributed by atoms with E-state index in [0.717, 1.165) is 40.4 Å². The van der Waals surface area contributed by atoms with Gasteiger partial charge in [0.25, 0.3) is 11.1 Å². The third kappa shape index (κ3) is 5.50. The van der Waals surface area contributed by atoms with Gasteiger partial charge < -0.3 is 14.8 Å². The van der Waals surface area contributed by atoms with Crippen molar-refractivity contribution in [2.24, 2.45) is 5.92 Å². The van der Waals surface area contributed by atoms with E-state index >= 15 is 0 Å². The quantitative estimate of drug-likeness (QED) is 0.463. The van der Waals surface area contributed by atoms with Gasteiger partial charge in [-0.3, -0.25) is 24.1 Å². The predicted molar refractivity (Wildman–Crippen MR) is 145 cm³/mol. The summed E-state index contributed by atoms with van der Waals surface area (Å²) in [6.45, 7) is 3.16. The summed E-state index contributed by atoms with van der Waals surface area (Å²) in [5.74, 6) is -0.835. The second kappa shape index (κ2) is 10.8. The molecular formula is C28H27FN4O4S. The first-order chi connectivity index (χ1) is 18.3. The number of para-hydroxylation sites is 1. The van der Waals surface area contributed by atoms with Gasteiger partial charge in [0.1, 0.15) is 18.9 Å². The molecule has 38 heavy (non-hydrogen) atoms. The highest BCUT2D eigenvalue weighted by molar-refractivity contribution is 8.18. The van der Waals surface area contributed by atoms with Gasteiger partial charge in [0.15, 0.2) is 0 Å². The van der Waals surface area contributed by atoms with Crippen LogP contribution < -0.4 is 5.32 Å². The van der Waals surface area contributed by atoms with Crippen molar-refractivity contribution >= 4 is 57.4 Å². The summed E-state index contributed by atoms with van der Waals surface area (Å²) in [7, 11) is 0. The van der Waals surface area contributed by atoms with Crippen LogP contribution in [0.15, 0.2) is 59.6 Å². The zero-order valence-electron chi connectivity index (χ0n) is 20.9. The minimum absolute atomic E-state index is 0.00381. The zero-order valence-corrected chi connectivity index (χ0v) is 21.7. The average molecular weight is 535 g/mol. The van der Waals surface area contributed by atoms with E-state index in [9.17, 15) is 23.6 Å². The summed E-state index contributed by atoms with van der Waals surface area (Å²) >= 11 is 0.809. The van der Waals surface area contributed by atoms with Crippen LogP contribution in [-0.2, 0) is 20.9 Å². The lowest BCUT2D eigenvalue weighted by atomic mass is 9.99. The number of anilines is 1. The number of nitrogens with one attached hydrogen (secondary N) is 1. The van der Waals surface area contributed by atoms with Crippen molar-refractivity contribution in [1.82, 2.24) is 14.4 Å². The molecule has 1 N–H and O–H groups in total. The highest BCUT2D eigenvalue weighted by Crippen LogP contribution is 2.34. The summed E-state index contributed by atoms with van der Waals surface area (Å²) in [6, 6.07) is 13.0. The number of rotatable bonds is 6. The van der Waals surface area contributed by atoms with Gasteiger partial charge in [-0.15, -0.1) is 0 Å². The third-order valence-electron chi connectivity index (χ3n) is 6.85. The van der Waals surface area contributed by atoms with E-state index < -0.39 is 11.1 Å². The largest absolute Gasteiger partial charge is 0.341 e. The molecule has 3 aromatic rings. The molecule has 2 fully saturated rings. The number of imide groups is 1. The molecule has 2 aromatic carbocycles. The molecule has 0 spiro atoms. The number of benzene rings is 2. The van der Waals surface area contributed by atoms with E-state index in [1.807, 2.05) is 24.3 Å². The Bertz CT molecular complexity index is 1440. The Balaban J connectivity index is 1.32. The van der Waals surface area contributed by atoms with Crippen LogP contribution in [0.25, 0.3) is 17.0 Å². The molecule has 0 atom stereocenters. The fourth-order valence-electron chi connectivity index (χ4n) is 4.68. The topological polar surface area (TPSA) is 91.7 Å². The molecule has 0 saturated carbocycles. The zero-order chi connectivity index (χ0) is 26.8. The molecule has 0 unspecified atom stereocenters. The molecule has 3 heterocycles. The first-order valence-corrected chi connectivity index (χ1v) is 13.3. The van der Waals surface area contributed by atoms with Gasteiger partial charge in [-0.25, -0.2) is 4.39 Å². The van der Waals surface area contributed by atoms with E-state index in [4.69, 9.17) is 0 Å². The van der Waals surface area contributed by atoms with Crippen LogP contribution >= 0.6 is 11.8 Å². The van der Waals surface area contributed by atoms with Crippen molar-refractivity contribution in [3.05, 3.63) is 71.0 Å². The highest BCUT2D eigenvalue weighted by Gasteiger charge is 2.37. The molecular weight excluding hydrogens is 507 g/mol. The summed E-state index contributed by atoms with van der Waals surface area (Å²) < 4.78 is 14.9. The number of aromatic nitrogens is 1. The molecule has 2 saturated heterocycles.